The second kappa shape index (κ2) is 8.39. The van der Waals surface area contributed by atoms with Crippen molar-refractivity contribution in [2.75, 3.05) is 19.6 Å². The van der Waals surface area contributed by atoms with Crippen molar-refractivity contribution in [3.05, 3.63) is 46.2 Å². The lowest BCUT2D eigenvalue weighted by atomic mass is 10.1. The Morgan fingerprint density at radius 2 is 2.14 bits per heavy atom. The van der Waals surface area contributed by atoms with Crippen LogP contribution >= 0.6 is 11.6 Å². The summed E-state index contributed by atoms with van der Waals surface area (Å²) in [5, 5.41) is 21.7. The maximum Gasteiger partial charge on any atom is 0.407 e. The molecule has 2 aromatic rings. The van der Waals surface area contributed by atoms with Gasteiger partial charge >= 0.3 is 6.09 Å². The van der Waals surface area contributed by atoms with Gasteiger partial charge in [0.05, 0.1) is 6.54 Å². The monoisotopic (exact) mass is 404 g/mol. The fourth-order valence-electron chi connectivity index (χ4n) is 3.13. The Hall–Kier alpha value is -2.94. The van der Waals surface area contributed by atoms with E-state index in [0.29, 0.717) is 37.0 Å². The van der Waals surface area contributed by atoms with E-state index in [1.54, 1.807) is 30.0 Å². The zero-order chi connectivity index (χ0) is 20.3. The number of carbonyl (C=O) groups excluding carboxylic acids is 1. The third kappa shape index (κ3) is 4.66. The first-order valence-electron chi connectivity index (χ1n) is 8.83. The van der Waals surface area contributed by atoms with E-state index in [4.69, 9.17) is 16.7 Å². The Morgan fingerprint density at radius 1 is 1.36 bits per heavy atom. The molecule has 1 atom stereocenters. The third-order valence-electron chi connectivity index (χ3n) is 4.56. The highest BCUT2D eigenvalue weighted by atomic mass is 35.5. The molecule has 9 nitrogen and oxygen atoms in total. The molecule has 2 heterocycles. The van der Waals surface area contributed by atoms with Gasteiger partial charge in [-0.15, -0.1) is 10.2 Å². The van der Waals surface area contributed by atoms with Gasteiger partial charge in [-0.3, -0.25) is 4.79 Å². The highest BCUT2D eigenvalue weighted by Gasteiger charge is 2.28. The SMILES string of the molecule is Cc1nnn(Cc2cc(Cl)ccc2C=CC(=O)N2CCN(C(=O)O)CC2C)n1. The van der Waals surface area contributed by atoms with Crippen molar-refractivity contribution in [1.82, 2.24) is 30.0 Å². The molecule has 148 valence electrons. The molecule has 10 heteroatoms. The number of hydrogen-bond acceptors (Lipinski definition) is 5. The van der Waals surface area contributed by atoms with E-state index in [9.17, 15) is 9.59 Å². The number of hydrogen-bond donors (Lipinski definition) is 1. The minimum atomic E-state index is -0.961. The lowest BCUT2D eigenvalue weighted by molar-refractivity contribution is -0.129. The molecular weight excluding hydrogens is 384 g/mol. The molecule has 1 aliphatic heterocycles. The number of amides is 2. The Kier molecular flexibility index (Phi) is 5.93. The van der Waals surface area contributed by atoms with Crippen LogP contribution in [0.15, 0.2) is 24.3 Å². The number of aromatic nitrogens is 4. The fraction of sp³-hybridized carbons (Fsp3) is 0.389. The van der Waals surface area contributed by atoms with Crippen LogP contribution < -0.4 is 0 Å². The van der Waals surface area contributed by atoms with Crippen LogP contribution in [0.1, 0.15) is 23.9 Å². The van der Waals surface area contributed by atoms with E-state index >= 15 is 0 Å². The quantitative estimate of drug-likeness (QED) is 0.780. The third-order valence-corrected chi connectivity index (χ3v) is 4.79. The normalized spacial score (nSPS) is 17.3. The molecule has 1 fully saturated rings. The molecule has 0 aliphatic carbocycles. The minimum Gasteiger partial charge on any atom is -0.465 e. The lowest BCUT2D eigenvalue weighted by Gasteiger charge is -2.38. The van der Waals surface area contributed by atoms with Crippen LogP contribution in [0.4, 0.5) is 4.79 Å². The van der Waals surface area contributed by atoms with E-state index in [1.807, 2.05) is 13.0 Å². The number of tetrazole rings is 1. The van der Waals surface area contributed by atoms with Crippen molar-refractivity contribution in [1.29, 1.82) is 0 Å². The Bertz CT molecular complexity index is 912. The number of halogens is 1. The van der Waals surface area contributed by atoms with Crippen molar-refractivity contribution in [3.63, 3.8) is 0 Å². The molecule has 1 unspecified atom stereocenters. The molecule has 1 N–H and O–H groups in total. The number of rotatable bonds is 4. The largest absolute Gasteiger partial charge is 0.465 e. The van der Waals surface area contributed by atoms with E-state index < -0.39 is 6.09 Å². The van der Waals surface area contributed by atoms with Gasteiger partial charge in [-0.25, -0.2) is 4.79 Å². The van der Waals surface area contributed by atoms with Gasteiger partial charge in [0.1, 0.15) is 0 Å². The van der Waals surface area contributed by atoms with Gasteiger partial charge in [0.15, 0.2) is 5.82 Å². The predicted molar refractivity (Wildman–Crippen MR) is 103 cm³/mol. The second-order valence-electron chi connectivity index (χ2n) is 6.65. The minimum absolute atomic E-state index is 0.159. The van der Waals surface area contributed by atoms with Crippen LogP contribution in [0.25, 0.3) is 6.08 Å². The molecule has 0 saturated carbocycles. The maximum atomic E-state index is 12.6. The highest BCUT2D eigenvalue weighted by molar-refractivity contribution is 6.30. The molecule has 1 saturated heterocycles. The first kappa shape index (κ1) is 19.8. The highest BCUT2D eigenvalue weighted by Crippen LogP contribution is 2.19. The summed E-state index contributed by atoms with van der Waals surface area (Å²) >= 11 is 6.11. The standard InChI is InChI=1S/C18H21ClN6O3/c1-12-10-23(18(27)28)7-8-24(12)17(26)6-4-14-3-5-16(19)9-15(14)11-25-21-13(2)20-22-25/h3-6,9,12H,7-8,10-11H2,1-2H3,(H,27,28). The van der Waals surface area contributed by atoms with Gasteiger partial charge in [-0.05, 0) is 48.4 Å². The molecule has 28 heavy (non-hydrogen) atoms. The molecule has 0 bridgehead atoms. The molecule has 2 amide bonds. The summed E-state index contributed by atoms with van der Waals surface area (Å²) < 4.78 is 0. The average Bonchev–Trinajstić information content (AvgIpc) is 3.05. The molecule has 3 rings (SSSR count). The number of carboxylic acid groups (broad SMARTS) is 1. The first-order chi connectivity index (χ1) is 13.3. The molecule has 1 aromatic carbocycles. The molecule has 0 spiro atoms. The van der Waals surface area contributed by atoms with Crippen LogP contribution in [0.3, 0.4) is 0 Å². The average molecular weight is 405 g/mol. The van der Waals surface area contributed by atoms with Crippen LogP contribution in [-0.4, -0.2) is 72.8 Å². The summed E-state index contributed by atoms with van der Waals surface area (Å²) in [4.78, 5) is 28.2. The van der Waals surface area contributed by atoms with E-state index in [1.165, 1.54) is 15.8 Å². The zero-order valence-corrected chi connectivity index (χ0v) is 16.4. The number of carbonyl (C=O) groups is 2. The second-order valence-corrected chi connectivity index (χ2v) is 7.09. The van der Waals surface area contributed by atoms with E-state index in [0.717, 1.165) is 11.1 Å². The van der Waals surface area contributed by atoms with Gasteiger partial charge in [0.25, 0.3) is 0 Å². The Labute approximate surface area is 167 Å². The topological polar surface area (TPSA) is 104 Å². The van der Waals surface area contributed by atoms with Crippen molar-refractivity contribution >= 4 is 29.7 Å². The van der Waals surface area contributed by atoms with E-state index in [-0.39, 0.29) is 11.9 Å². The van der Waals surface area contributed by atoms with Crippen molar-refractivity contribution in [2.45, 2.75) is 26.4 Å². The first-order valence-corrected chi connectivity index (χ1v) is 9.20. The molecular formula is C18H21ClN6O3. The predicted octanol–water partition coefficient (Wildman–Crippen LogP) is 1.91. The van der Waals surface area contributed by atoms with Gasteiger partial charge in [0, 0.05) is 36.8 Å². The molecule has 1 aliphatic rings. The van der Waals surface area contributed by atoms with E-state index in [2.05, 4.69) is 15.4 Å². The number of piperazine rings is 1. The number of nitrogens with zero attached hydrogens (tertiary/aromatic N) is 6. The Morgan fingerprint density at radius 3 is 2.79 bits per heavy atom. The summed E-state index contributed by atoms with van der Waals surface area (Å²) in [6.07, 6.45) is 2.27. The summed E-state index contributed by atoms with van der Waals surface area (Å²) in [6.45, 7) is 4.95. The molecule has 1 aromatic heterocycles. The summed E-state index contributed by atoms with van der Waals surface area (Å²) in [7, 11) is 0. The van der Waals surface area contributed by atoms with Crippen molar-refractivity contribution in [3.8, 4) is 0 Å². The smallest absolute Gasteiger partial charge is 0.407 e. The summed E-state index contributed by atoms with van der Waals surface area (Å²) in [6, 6.07) is 5.20. The van der Waals surface area contributed by atoms with Crippen molar-refractivity contribution in [2.24, 2.45) is 0 Å². The summed E-state index contributed by atoms with van der Waals surface area (Å²) in [5.41, 5.74) is 1.68. The fourth-order valence-corrected chi connectivity index (χ4v) is 3.33. The van der Waals surface area contributed by atoms with Crippen LogP contribution in [0.2, 0.25) is 5.02 Å². The van der Waals surface area contributed by atoms with Gasteiger partial charge in [-0.2, -0.15) is 4.80 Å². The zero-order valence-electron chi connectivity index (χ0n) is 15.6. The maximum absolute atomic E-state index is 12.6. The van der Waals surface area contributed by atoms with Crippen LogP contribution in [0, 0.1) is 6.92 Å². The number of aryl methyl sites for hydroxylation is 1. The van der Waals surface area contributed by atoms with Gasteiger partial charge in [0.2, 0.25) is 5.91 Å². The van der Waals surface area contributed by atoms with Crippen LogP contribution in [-0.2, 0) is 11.3 Å². The number of benzene rings is 1. The van der Waals surface area contributed by atoms with Gasteiger partial charge < -0.3 is 14.9 Å². The van der Waals surface area contributed by atoms with Crippen LogP contribution in [0.5, 0.6) is 0 Å². The lowest BCUT2D eigenvalue weighted by Crippen LogP contribution is -2.54. The van der Waals surface area contributed by atoms with Gasteiger partial charge in [-0.1, -0.05) is 17.7 Å². The Balaban J connectivity index is 1.73. The van der Waals surface area contributed by atoms with Crippen molar-refractivity contribution < 1.29 is 14.7 Å². The summed E-state index contributed by atoms with van der Waals surface area (Å²) in [5.74, 6) is 0.414. The molecule has 0 radical (unpaired) electrons.